The van der Waals surface area contributed by atoms with Gasteiger partial charge in [-0.05, 0) is 5.56 Å². The summed E-state index contributed by atoms with van der Waals surface area (Å²) in [5.41, 5.74) is 6.24. The van der Waals surface area contributed by atoms with E-state index in [1.54, 1.807) is 16.7 Å². The molecular formula is C14H19N3O2S. The van der Waals surface area contributed by atoms with Gasteiger partial charge in [0.2, 0.25) is 11.8 Å². The number of hydrogen-bond donors (Lipinski definition) is 2. The molecule has 0 bridgehead atoms. The largest absolute Gasteiger partial charge is 0.370 e. The zero-order valence-electron chi connectivity index (χ0n) is 11.2. The molecule has 0 aromatic heterocycles. The smallest absolute Gasteiger partial charge is 0.240 e. The molecule has 2 rings (SSSR count). The van der Waals surface area contributed by atoms with Crippen molar-refractivity contribution in [3.05, 3.63) is 35.9 Å². The molecule has 0 spiro atoms. The van der Waals surface area contributed by atoms with E-state index < -0.39 is 0 Å². The Bertz CT molecular complexity index is 461. The highest BCUT2D eigenvalue weighted by molar-refractivity contribution is 7.99. The van der Waals surface area contributed by atoms with Gasteiger partial charge < -0.3 is 10.6 Å². The Morgan fingerprint density at radius 1 is 1.35 bits per heavy atom. The quantitative estimate of drug-likeness (QED) is 0.803. The molecule has 6 heteroatoms. The maximum atomic E-state index is 12.5. The predicted octanol–water partition coefficient (Wildman–Crippen LogP) is 0.553. The lowest BCUT2D eigenvalue weighted by molar-refractivity contribution is -0.133. The number of nitrogens with one attached hydrogen (secondary N) is 1. The Morgan fingerprint density at radius 2 is 2.10 bits per heavy atom. The second-order valence-corrected chi connectivity index (χ2v) is 5.76. The van der Waals surface area contributed by atoms with Crippen LogP contribution in [0, 0.1) is 0 Å². The molecule has 1 fully saturated rings. The summed E-state index contributed by atoms with van der Waals surface area (Å²) >= 11 is 1.71. The van der Waals surface area contributed by atoms with Gasteiger partial charge in [0.15, 0.2) is 0 Å². The summed E-state index contributed by atoms with van der Waals surface area (Å²) < 4.78 is 0. The average Bonchev–Trinajstić information content (AvgIpc) is 2.97. The van der Waals surface area contributed by atoms with E-state index in [1.807, 2.05) is 30.3 Å². The van der Waals surface area contributed by atoms with Crippen LogP contribution in [0.15, 0.2) is 30.3 Å². The van der Waals surface area contributed by atoms with Crippen molar-refractivity contribution in [2.75, 3.05) is 18.2 Å². The minimum Gasteiger partial charge on any atom is -0.370 e. The van der Waals surface area contributed by atoms with Gasteiger partial charge in [-0.25, -0.2) is 0 Å². The molecule has 3 N–H and O–H groups in total. The average molecular weight is 293 g/mol. The molecule has 2 amide bonds. The number of nitrogens with two attached hydrogens (primary N) is 1. The number of carbonyl (C=O) groups is 2. The summed E-state index contributed by atoms with van der Waals surface area (Å²) in [4.78, 5) is 25.1. The first-order valence-electron chi connectivity index (χ1n) is 6.59. The molecule has 1 unspecified atom stereocenters. The van der Waals surface area contributed by atoms with Crippen LogP contribution in [0.4, 0.5) is 0 Å². The van der Waals surface area contributed by atoms with Crippen LogP contribution in [-0.2, 0) is 16.1 Å². The second kappa shape index (κ2) is 7.31. The molecule has 1 heterocycles. The van der Waals surface area contributed by atoms with Gasteiger partial charge in [-0.1, -0.05) is 30.3 Å². The van der Waals surface area contributed by atoms with Gasteiger partial charge in [0, 0.05) is 31.1 Å². The molecule has 1 aromatic carbocycles. The van der Waals surface area contributed by atoms with Gasteiger partial charge in [0.1, 0.15) is 0 Å². The van der Waals surface area contributed by atoms with Crippen LogP contribution in [0.5, 0.6) is 0 Å². The maximum Gasteiger partial charge on any atom is 0.240 e. The van der Waals surface area contributed by atoms with E-state index in [-0.39, 0.29) is 24.3 Å². The van der Waals surface area contributed by atoms with Crippen LogP contribution >= 0.6 is 11.8 Å². The van der Waals surface area contributed by atoms with Crippen LogP contribution < -0.4 is 11.1 Å². The van der Waals surface area contributed by atoms with Gasteiger partial charge in [0.05, 0.1) is 6.04 Å². The van der Waals surface area contributed by atoms with Crippen LogP contribution in [0.2, 0.25) is 0 Å². The van der Waals surface area contributed by atoms with E-state index in [0.29, 0.717) is 13.1 Å². The SMILES string of the molecule is NC(=O)CCN(Cc1ccccc1)C(=O)C1CSCN1. The molecule has 0 saturated carbocycles. The molecule has 20 heavy (non-hydrogen) atoms. The number of benzene rings is 1. The Hall–Kier alpha value is -1.53. The third-order valence-electron chi connectivity index (χ3n) is 3.17. The van der Waals surface area contributed by atoms with Crippen molar-refractivity contribution in [3.63, 3.8) is 0 Å². The summed E-state index contributed by atoms with van der Waals surface area (Å²) in [5, 5.41) is 3.17. The Morgan fingerprint density at radius 3 is 2.70 bits per heavy atom. The molecule has 108 valence electrons. The van der Waals surface area contributed by atoms with E-state index in [0.717, 1.165) is 17.2 Å². The van der Waals surface area contributed by atoms with Crippen LogP contribution in [0.1, 0.15) is 12.0 Å². The molecule has 0 aliphatic carbocycles. The normalized spacial score (nSPS) is 17.9. The third-order valence-corrected chi connectivity index (χ3v) is 4.11. The van der Waals surface area contributed by atoms with E-state index in [9.17, 15) is 9.59 Å². The summed E-state index contributed by atoms with van der Waals surface area (Å²) in [6, 6.07) is 9.61. The number of nitrogens with zero attached hydrogens (tertiary/aromatic N) is 1. The Labute approximate surface area is 122 Å². The fourth-order valence-corrected chi connectivity index (χ4v) is 3.02. The number of rotatable bonds is 6. The van der Waals surface area contributed by atoms with E-state index in [4.69, 9.17) is 5.73 Å². The lowest BCUT2D eigenvalue weighted by Gasteiger charge is -2.25. The van der Waals surface area contributed by atoms with Crippen molar-refractivity contribution in [1.82, 2.24) is 10.2 Å². The molecule has 1 aromatic rings. The molecule has 1 aliphatic rings. The minimum absolute atomic E-state index is 0.0418. The van der Waals surface area contributed by atoms with Crippen molar-refractivity contribution in [3.8, 4) is 0 Å². The first-order valence-corrected chi connectivity index (χ1v) is 7.74. The van der Waals surface area contributed by atoms with E-state index >= 15 is 0 Å². The van der Waals surface area contributed by atoms with Gasteiger partial charge >= 0.3 is 0 Å². The van der Waals surface area contributed by atoms with Crippen molar-refractivity contribution >= 4 is 23.6 Å². The molecule has 0 radical (unpaired) electrons. The highest BCUT2D eigenvalue weighted by atomic mass is 32.2. The molecule has 5 nitrogen and oxygen atoms in total. The zero-order chi connectivity index (χ0) is 14.4. The standard InChI is InChI=1S/C14H19N3O2S/c15-13(18)6-7-17(8-11-4-2-1-3-5-11)14(19)12-9-20-10-16-12/h1-5,12,16H,6-10H2,(H2,15,18). The number of hydrogen-bond acceptors (Lipinski definition) is 4. The highest BCUT2D eigenvalue weighted by Gasteiger charge is 2.27. The maximum absolute atomic E-state index is 12.5. The van der Waals surface area contributed by atoms with Gasteiger partial charge in [-0.3, -0.25) is 14.9 Å². The fraction of sp³-hybridized carbons (Fsp3) is 0.429. The van der Waals surface area contributed by atoms with Crippen LogP contribution in [-0.4, -0.2) is 40.9 Å². The summed E-state index contributed by atoms with van der Waals surface area (Å²) in [5.74, 6) is 1.23. The lowest BCUT2D eigenvalue weighted by atomic mass is 10.2. The molecule has 1 saturated heterocycles. The number of primary amides is 1. The van der Waals surface area contributed by atoms with E-state index in [2.05, 4.69) is 5.32 Å². The molecular weight excluding hydrogens is 274 g/mol. The highest BCUT2D eigenvalue weighted by Crippen LogP contribution is 2.14. The first-order chi connectivity index (χ1) is 9.66. The number of carbonyl (C=O) groups excluding carboxylic acids is 2. The third kappa shape index (κ3) is 4.25. The Balaban J connectivity index is 2.03. The molecule has 1 aliphatic heterocycles. The lowest BCUT2D eigenvalue weighted by Crippen LogP contribution is -2.45. The van der Waals surface area contributed by atoms with Crippen molar-refractivity contribution in [1.29, 1.82) is 0 Å². The van der Waals surface area contributed by atoms with Crippen molar-refractivity contribution in [2.24, 2.45) is 5.73 Å². The zero-order valence-corrected chi connectivity index (χ0v) is 12.1. The monoisotopic (exact) mass is 293 g/mol. The summed E-state index contributed by atoms with van der Waals surface area (Å²) in [6.07, 6.45) is 0.193. The summed E-state index contributed by atoms with van der Waals surface area (Å²) in [6.45, 7) is 0.877. The second-order valence-electron chi connectivity index (χ2n) is 4.73. The topological polar surface area (TPSA) is 75.4 Å². The fourth-order valence-electron chi connectivity index (χ4n) is 2.09. The van der Waals surface area contributed by atoms with Crippen LogP contribution in [0.25, 0.3) is 0 Å². The van der Waals surface area contributed by atoms with E-state index in [1.165, 1.54) is 0 Å². The van der Waals surface area contributed by atoms with Crippen molar-refractivity contribution < 1.29 is 9.59 Å². The first kappa shape index (κ1) is 14.9. The predicted molar refractivity (Wildman–Crippen MR) is 79.9 cm³/mol. The van der Waals surface area contributed by atoms with Crippen LogP contribution in [0.3, 0.4) is 0 Å². The van der Waals surface area contributed by atoms with Gasteiger partial charge in [-0.15, -0.1) is 11.8 Å². The molecule has 1 atom stereocenters. The summed E-state index contributed by atoms with van der Waals surface area (Å²) in [7, 11) is 0. The number of amides is 2. The van der Waals surface area contributed by atoms with Gasteiger partial charge in [-0.2, -0.15) is 0 Å². The van der Waals surface area contributed by atoms with Gasteiger partial charge in [0.25, 0.3) is 0 Å². The minimum atomic E-state index is -0.385. The number of thioether (sulfide) groups is 1. The Kier molecular flexibility index (Phi) is 5.43. The van der Waals surface area contributed by atoms with Crippen molar-refractivity contribution in [2.45, 2.75) is 19.0 Å².